The van der Waals surface area contributed by atoms with E-state index >= 15 is 0 Å². The molecular weight excluding hydrogens is 232 g/mol. The molecule has 0 aromatic rings. The van der Waals surface area contributed by atoms with Gasteiger partial charge in [0.15, 0.2) is 0 Å². The number of hydrogen-bond donors (Lipinski definition) is 1. The van der Waals surface area contributed by atoms with Gasteiger partial charge in [-0.3, -0.25) is 4.79 Å². The first-order valence-electron chi connectivity index (χ1n) is 6.62. The topological polar surface area (TPSA) is 50.8 Å². The maximum atomic E-state index is 12.4. The molecule has 0 radical (unpaired) electrons. The van der Waals surface area contributed by atoms with Crippen molar-refractivity contribution >= 4 is 5.91 Å². The molecule has 1 saturated heterocycles. The first-order valence-corrected chi connectivity index (χ1v) is 6.62. The minimum Gasteiger partial charge on any atom is -0.383 e. The molecule has 1 amide bonds. The Hall–Kier alpha value is -0.650. The fourth-order valence-electron chi connectivity index (χ4n) is 2.23. The molecule has 0 aliphatic carbocycles. The zero-order valence-corrected chi connectivity index (χ0v) is 11.9. The van der Waals surface area contributed by atoms with Crippen molar-refractivity contribution in [3.8, 4) is 0 Å². The molecule has 2 atom stereocenters. The Labute approximate surface area is 110 Å². The van der Waals surface area contributed by atoms with Crippen molar-refractivity contribution < 1.29 is 14.3 Å². The first-order chi connectivity index (χ1) is 8.58. The minimum atomic E-state index is -0.106. The van der Waals surface area contributed by atoms with Gasteiger partial charge < -0.3 is 19.7 Å². The Kier molecular flexibility index (Phi) is 6.60. The van der Waals surface area contributed by atoms with Gasteiger partial charge in [-0.15, -0.1) is 0 Å². The Bertz CT molecular complexity index is 259. The first kappa shape index (κ1) is 15.4. The second-order valence-electron chi connectivity index (χ2n) is 5.23. The van der Waals surface area contributed by atoms with E-state index < -0.39 is 0 Å². The van der Waals surface area contributed by atoms with Gasteiger partial charge in [0.1, 0.15) is 0 Å². The normalized spacial score (nSPS) is 23.6. The van der Waals surface area contributed by atoms with Gasteiger partial charge in [0.2, 0.25) is 5.91 Å². The average molecular weight is 258 g/mol. The molecule has 1 rings (SSSR count). The number of ether oxygens (including phenoxy) is 2. The highest BCUT2D eigenvalue weighted by Gasteiger charge is 2.32. The van der Waals surface area contributed by atoms with Crippen LogP contribution in [-0.2, 0) is 14.3 Å². The van der Waals surface area contributed by atoms with Crippen LogP contribution in [0.2, 0.25) is 0 Å². The third kappa shape index (κ3) is 4.55. The number of methoxy groups -OCH3 is 2. The van der Waals surface area contributed by atoms with Gasteiger partial charge in [-0.2, -0.15) is 0 Å². The van der Waals surface area contributed by atoms with E-state index in [1.165, 1.54) is 0 Å². The lowest BCUT2D eigenvalue weighted by Gasteiger charge is -2.27. The van der Waals surface area contributed by atoms with Gasteiger partial charge >= 0.3 is 0 Å². The van der Waals surface area contributed by atoms with E-state index in [1.807, 2.05) is 4.90 Å². The molecule has 0 spiro atoms. The fourth-order valence-corrected chi connectivity index (χ4v) is 2.23. The van der Waals surface area contributed by atoms with Crippen molar-refractivity contribution in [1.82, 2.24) is 10.2 Å². The number of nitrogens with one attached hydrogen (secondary N) is 1. The highest BCUT2D eigenvalue weighted by Crippen LogP contribution is 2.13. The molecular formula is C13H26N2O3. The van der Waals surface area contributed by atoms with Crippen LogP contribution in [0.1, 0.15) is 20.3 Å². The Balaban J connectivity index is 2.52. The summed E-state index contributed by atoms with van der Waals surface area (Å²) >= 11 is 0. The van der Waals surface area contributed by atoms with Crippen molar-refractivity contribution in [3.63, 3.8) is 0 Å². The number of carbonyl (C=O) groups excluding carboxylic acids is 1. The highest BCUT2D eigenvalue weighted by atomic mass is 16.5. The third-order valence-corrected chi connectivity index (χ3v) is 3.18. The summed E-state index contributed by atoms with van der Waals surface area (Å²) < 4.78 is 10.3. The quantitative estimate of drug-likeness (QED) is 0.722. The summed E-state index contributed by atoms with van der Waals surface area (Å²) in [6.07, 6.45) is 0.916. The number of rotatable bonds is 7. The predicted octanol–water partition coefficient (Wildman–Crippen LogP) is 0.494. The average Bonchev–Trinajstić information content (AvgIpc) is 2.81. The smallest absolute Gasteiger partial charge is 0.239 e. The van der Waals surface area contributed by atoms with Gasteiger partial charge in [-0.05, 0) is 12.3 Å². The lowest BCUT2D eigenvalue weighted by atomic mass is 10.1. The summed E-state index contributed by atoms with van der Waals surface area (Å²) in [5, 5.41) is 3.23. The summed E-state index contributed by atoms with van der Waals surface area (Å²) in [5.74, 6) is 0.630. The van der Waals surface area contributed by atoms with E-state index in [-0.39, 0.29) is 18.1 Å². The third-order valence-electron chi connectivity index (χ3n) is 3.18. The van der Waals surface area contributed by atoms with Crippen LogP contribution in [0.3, 0.4) is 0 Å². The van der Waals surface area contributed by atoms with Crippen LogP contribution in [-0.4, -0.2) is 63.4 Å². The molecule has 0 bridgehead atoms. The van der Waals surface area contributed by atoms with Crippen LogP contribution in [0, 0.1) is 5.92 Å². The van der Waals surface area contributed by atoms with Crippen LogP contribution in [0.15, 0.2) is 0 Å². The van der Waals surface area contributed by atoms with Gasteiger partial charge in [-0.1, -0.05) is 13.8 Å². The fraction of sp³-hybridized carbons (Fsp3) is 0.923. The van der Waals surface area contributed by atoms with Crippen LogP contribution in [0.4, 0.5) is 0 Å². The summed E-state index contributed by atoms with van der Waals surface area (Å²) in [4.78, 5) is 14.3. The maximum Gasteiger partial charge on any atom is 0.239 e. The number of amides is 1. The summed E-state index contributed by atoms with van der Waals surface area (Å²) in [5.41, 5.74) is 0. The highest BCUT2D eigenvalue weighted by molar-refractivity contribution is 5.82. The van der Waals surface area contributed by atoms with Crippen molar-refractivity contribution in [2.24, 2.45) is 5.92 Å². The Morgan fingerprint density at radius 1 is 1.44 bits per heavy atom. The summed E-state index contributed by atoms with van der Waals surface area (Å²) in [7, 11) is 3.35. The van der Waals surface area contributed by atoms with E-state index in [4.69, 9.17) is 9.47 Å². The molecule has 1 aliphatic heterocycles. The lowest BCUT2D eigenvalue weighted by molar-refractivity contribution is -0.134. The van der Waals surface area contributed by atoms with Crippen molar-refractivity contribution in [3.05, 3.63) is 0 Å². The van der Waals surface area contributed by atoms with E-state index in [0.717, 1.165) is 19.5 Å². The SMILES string of the molecule is COCCN(CC(C)C)C(=O)C1CC(OC)CN1. The van der Waals surface area contributed by atoms with Gasteiger partial charge in [0.05, 0.1) is 18.8 Å². The number of hydrogen-bond acceptors (Lipinski definition) is 4. The second kappa shape index (κ2) is 7.71. The predicted molar refractivity (Wildman–Crippen MR) is 70.5 cm³/mol. The van der Waals surface area contributed by atoms with Gasteiger partial charge in [0, 0.05) is 33.9 Å². The van der Waals surface area contributed by atoms with Crippen LogP contribution in [0.25, 0.3) is 0 Å². The number of nitrogens with zero attached hydrogens (tertiary/aromatic N) is 1. The zero-order valence-electron chi connectivity index (χ0n) is 11.9. The summed E-state index contributed by atoms with van der Waals surface area (Å²) in [6.45, 7) is 7.01. The monoisotopic (exact) mass is 258 g/mol. The molecule has 1 heterocycles. The van der Waals surface area contributed by atoms with Crippen molar-refractivity contribution in [2.45, 2.75) is 32.4 Å². The maximum absolute atomic E-state index is 12.4. The molecule has 5 nitrogen and oxygen atoms in total. The Morgan fingerprint density at radius 3 is 2.67 bits per heavy atom. The minimum absolute atomic E-state index is 0.106. The lowest BCUT2D eigenvalue weighted by Crippen LogP contribution is -2.46. The van der Waals surface area contributed by atoms with Crippen molar-refractivity contribution in [2.75, 3.05) is 40.5 Å². The van der Waals surface area contributed by atoms with Gasteiger partial charge in [-0.25, -0.2) is 0 Å². The van der Waals surface area contributed by atoms with Gasteiger partial charge in [0.25, 0.3) is 0 Å². The molecule has 5 heteroatoms. The molecule has 0 aromatic carbocycles. The molecule has 0 saturated carbocycles. The zero-order chi connectivity index (χ0) is 13.5. The van der Waals surface area contributed by atoms with E-state index in [9.17, 15) is 4.79 Å². The van der Waals surface area contributed by atoms with Crippen LogP contribution < -0.4 is 5.32 Å². The molecule has 1 fully saturated rings. The molecule has 1 aliphatic rings. The summed E-state index contributed by atoms with van der Waals surface area (Å²) in [6, 6.07) is -0.106. The molecule has 106 valence electrons. The van der Waals surface area contributed by atoms with Crippen LogP contribution in [0.5, 0.6) is 0 Å². The largest absolute Gasteiger partial charge is 0.383 e. The van der Waals surface area contributed by atoms with E-state index in [2.05, 4.69) is 19.2 Å². The van der Waals surface area contributed by atoms with Crippen LogP contribution >= 0.6 is 0 Å². The van der Waals surface area contributed by atoms with E-state index in [1.54, 1.807) is 14.2 Å². The second-order valence-corrected chi connectivity index (χ2v) is 5.23. The Morgan fingerprint density at radius 2 is 2.17 bits per heavy atom. The van der Waals surface area contributed by atoms with E-state index in [0.29, 0.717) is 19.1 Å². The van der Waals surface area contributed by atoms with Crippen molar-refractivity contribution in [1.29, 1.82) is 0 Å². The number of carbonyl (C=O) groups is 1. The standard InChI is InChI=1S/C13H26N2O3/c1-10(2)9-15(5-6-17-3)13(16)12-7-11(18-4)8-14-12/h10-12,14H,5-9H2,1-4H3. The molecule has 1 N–H and O–H groups in total. The molecule has 18 heavy (non-hydrogen) atoms. The molecule has 2 unspecified atom stereocenters. The molecule has 0 aromatic heterocycles.